The van der Waals surface area contributed by atoms with Gasteiger partial charge in [0.1, 0.15) is 0 Å². The second-order valence-electron chi connectivity index (χ2n) is 3.50. The Morgan fingerprint density at radius 2 is 1.86 bits per heavy atom. The van der Waals surface area contributed by atoms with Gasteiger partial charge in [0.2, 0.25) is 0 Å². The summed E-state index contributed by atoms with van der Waals surface area (Å²) in [6.07, 6.45) is 0. The molecule has 1 unspecified atom stereocenters. The van der Waals surface area contributed by atoms with Gasteiger partial charge in [-0.2, -0.15) is 0 Å². The number of allylic oxidation sites excluding steroid dienone is 1. The highest BCUT2D eigenvalue weighted by Crippen LogP contribution is 2.22. The van der Waals surface area contributed by atoms with E-state index in [-0.39, 0.29) is 5.92 Å². The van der Waals surface area contributed by atoms with Crippen LogP contribution in [0.5, 0.6) is 0 Å². The third kappa shape index (κ3) is 2.22. The molecule has 0 heterocycles. The molecule has 74 valence electrons. The summed E-state index contributed by atoms with van der Waals surface area (Å²) in [6.45, 7) is 7.89. The van der Waals surface area contributed by atoms with Crippen LogP contribution in [0.15, 0.2) is 36.4 Å². The van der Waals surface area contributed by atoms with E-state index < -0.39 is 5.97 Å². The highest BCUT2D eigenvalue weighted by Gasteiger charge is 2.07. The SMILES string of the molecule is C=C(C)C(C)c1ccc(C(=O)O)cc1. The number of hydrogen-bond donors (Lipinski definition) is 1. The van der Waals surface area contributed by atoms with Gasteiger partial charge in [-0.05, 0) is 24.6 Å². The Labute approximate surface area is 83.9 Å². The average Bonchev–Trinajstić information content (AvgIpc) is 2.16. The summed E-state index contributed by atoms with van der Waals surface area (Å²) in [5.74, 6) is -0.614. The summed E-state index contributed by atoms with van der Waals surface area (Å²) in [5.41, 5.74) is 2.50. The molecular formula is C12H14O2. The molecular weight excluding hydrogens is 176 g/mol. The maximum Gasteiger partial charge on any atom is 0.335 e. The lowest BCUT2D eigenvalue weighted by molar-refractivity contribution is 0.0697. The van der Waals surface area contributed by atoms with Gasteiger partial charge < -0.3 is 5.11 Å². The number of hydrogen-bond acceptors (Lipinski definition) is 1. The summed E-state index contributed by atoms with van der Waals surface area (Å²) < 4.78 is 0. The molecule has 1 aromatic carbocycles. The van der Waals surface area contributed by atoms with Gasteiger partial charge in [-0.3, -0.25) is 0 Å². The van der Waals surface area contributed by atoms with Crippen molar-refractivity contribution in [2.24, 2.45) is 0 Å². The van der Waals surface area contributed by atoms with Crippen molar-refractivity contribution in [3.63, 3.8) is 0 Å². The molecule has 0 aliphatic carbocycles. The number of rotatable bonds is 3. The number of benzene rings is 1. The summed E-state index contributed by atoms with van der Waals surface area (Å²) >= 11 is 0. The Bertz CT molecular complexity index is 349. The van der Waals surface area contributed by atoms with Crippen molar-refractivity contribution >= 4 is 5.97 Å². The first-order valence-electron chi connectivity index (χ1n) is 4.51. The average molecular weight is 190 g/mol. The van der Waals surface area contributed by atoms with E-state index >= 15 is 0 Å². The van der Waals surface area contributed by atoms with Gasteiger partial charge in [0.15, 0.2) is 0 Å². The smallest absolute Gasteiger partial charge is 0.335 e. The number of aromatic carboxylic acids is 1. The van der Waals surface area contributed by atoms with Crippen molar-refractivity contribution in [1.82, 2.24) is 0 Å². The molecule has 0 radical (unpaired) electrons. The molecule has 0 aliphatic heterocycles. The third-order valence-electron chi connectivity index (χ3n) is 2.40. The lowest BCUT2D eigenvalue weighted by Crippen LogP contribution is -1.98. The molecule has 1 N–H and O–H groups in total. The lowest BCUT2D eigenvalue weighted by atomic mass is 9.94. The predicted octanol–water partition coefficient (Wildman–Crippen LogP) is 3.06. The fourth-order valence-corrected chi connectivity index (χ4v) is 1.20. The van der Waals surface area contributed by atoms with Crippen LogP contribution >= 0.6 is 0 Å². The minimum Gasteiger partial charge on any atom is -0.478 e. The molecule has 0 saturated heterocycles. The Morgan fingerprint density at radius 3 is 2.21 bits per heavy atom. The fourth-order valence-electron chi connectivity index (χ4n) is 1.20. The molecule has 0 aliphatic rings. The number of carbonyl (C=O) groups is 1. The summed E-state index contributed by atoms with van der Waals surface area (Å²) in [4.78, 5) is 10.6. The molecule has 1 rings (SSSR count). The van der Waals surface area contributed by atoms with Crippen LogP contribution < -0.4 is 0 Å². The minimum absolute atomic E-state index is 0.276. The molecule has 0 aromatic heterocycles. The molecule has 1 aromatic rings. The van der Waals surface area contributed by atoms with Crippen LogP contribution in [0.4, 0.5) is 0 Å². The number of carboxylic acids is 1. The highest BCUT2D eigenvalue weighted by atomic mass is 16.4. The van der Waals surface area contributed by atoms with Crippen LogP contribution in [0.1, 0.15) is 35.7 Å². The van der Waals surface area contributed by atoms with E-state index in [9.17, 15) is 4.79 Å². The van der Waals surface area contributed by atoms with Crippen molar-refractivity contribution in [2.75, 3.05) is 0 Å². The standard InChI is InChI=1S/C12H14O2/c1-8(2)9(3)10-4-6-11(7-5-10)12(13)14/h4-7,9H,1H2,2-3H3,(H,13,14). The van der Waals surface area contributed by atoms with Crippen LogP contribution in [-0.4, -0.2) is 11.1 Å². The molecule has 2 heteroatoms. The van der Waals surface area contributed by atoms with E-state index in [0.29, 0.717) is 5.56 Å². The predicted molar refractivity (Wildman–Crippen MR) is 56.6 cm³/mol. The van der Waals surface area contributed by atoms with E-state index in [1.165, 1.54) is 0 Å². The van der Waals surface area contributed by atoms with Gasteiger partial charge in [-0.25, -0.2) is 4.79 Å². The van der Waals surface area contributed by atoms with Crippen molar-refractivity contribution in [1.29, 1.82) is 0 Å². The van der Waals surface area contributed by atoms with E-state index in [4.69, 9.17) is 5.11 Å². The minimum atomic E-state index is -0.889. The largest absolute Gasteiger partial charge is 0.478 e. The Kier molecular flexibility index (Phi) is 3.07. The second-order valence-corrected chi connectivity index (χ2v) is 3.50. The highest BCUT2D eigenvalue weighted by molar-refractivity contribution is 5.87. The first kappa shape index (κ1) is 10.5. The molecule has 0 saturated carbocycles. The van der Waals surface area contributed by atoms with Gasteiger partial charge in [0.05, 0.1) is 5.56 Å². The van der Waals surface area contributed by atoms with Crippen molar-refractivity contribution in [3.8, 4) is 0 Å². The normalized spacial score (nSPS) is 12.1. The van der Waals surface area contributed by atoms with Gasteiger partial charge in [-0.15, -0.1) is 0 Å². The van der Waals surface area contributed by atoms with Crippen LogP contribution in [0, 0.1) is 0 Å². The molecule has 0 fully saturated rings. The summed E-state index contributed by atoms with van der Waals surface area (Å²) in [5, 5.41) is 8.71. The van der Waals surface area contributed by atoms with Gasteiger partial charge in [0.25, 0.3) is 0 Å². The van der Waals surface area contributed by atoms with E-state index in [1.807, 2.05) is 19.1 Å². The Balaban J connectivity index is 2.94. The van der Waals surface area contributed by atoms with Crippen molar-refractivity contribution in [3.05, 3.63) is 47.5 Å². The lowest BCUT2D eigenvalue weighted by Gasteiger charge is -2.11. The summed E-state index contributed by atoms with van der Waals surface area (Å²) in [6, 6.07) is 6.92. The molecule has 1 atom stereocenters. The third-order valence-corrected chi connectivity index (χ3v) is 2.40. The topological polar surface area (TPSA) is 37.3 Å². The van der Waals surface area contributed by atoms with E-state index in [2.05, 4.69) is 13.5 Å². The Hall–Kier alpha value is -1.57. The zero-order chi connectivity index (χ0) is 10.7. The quantitative estimate of drug-likeness (QED) is 0.744. The number of carboxylic acid groups (broad SMARTS) is 1. The molecule has 0 bridgehead atoms. The van der Waals surface area contributed by atoms with Gasteiger partial charge in [-0.1, -0.05) is 31.2 Å². The first-order valence-corrected chi connectivity index (χ1v) is 4.51. The monoisotopic (exact) mass is 190 g/mol. The van der Waals surface area contributed by atoms with E-state index in [0.717, 1.165) is 11.1 Å². The molecule has 0 amide bonds. The molecule has 2 nitrogen and oxygen atoms in total. The second kappa shape index (κ2) is 4.09. The maximum atomic E-state index is 10.6. The van der Waals surface area contributed by atoms with Crippen LogP contribution in [0.3, 0.4) is 0 Å². The van der Waals surface area contributed by atoms with Crippen LogP contribution in [0.2, 0.25) is 0 Å². The van der Waals surface area contributed by atoms with Crippen molar-refractivity contribution in [2.45, 2.75) is 19.8 Å². The van der Waals surface area contributed by atoms with Gasteiger partial charge in [0, 0.05) is 5.92 Å². The molecule has 14 heavy (non-hydrogen) atoms. The zero-order valence-corrected chi connectivity index (χ0v) is 8.45. The van der Waals surface area contributed by atoms with Gasteiger partial charge >= 0.3 is 5.97 Å². The maximum absolute atomic E-state index is 10.6. The van der Waals surface area contributed by atoms with Crippen LogP contribution in [-0.2, 0) is 0 Å². The molecule has 0 spiro atoms. The Morgan fingerprint density at radius 1 is 1.36 bits per heavy atom. The summed E-state index contributed by atoms with van der Waals surface area (Å²) in [7, 11) is 0. The van der Waals surface area contributed by atoms with E-state index in [1.54, 1.807) is 12.1 Å². The fraction of sp³-hybridized carbons (Fsp3) is 0.250. The van der Waals surface area contributed by atoms with Crippen molar-refractivity contribution < 1.29 is 9.90 Å². The zero-order valence-electron chi connectivity index (χ0n) is 8.45. The van der Waals surface area contributed by atoms with Crippen LogP contribution in [0.25, 0.3) is 0 Å². The first-order chi connectivity index (χ1) is 6.52.